The smallest absolute Gasteiger partial charge is 0.136 e. The maximum absolute atomic E-state index is 5.60. The average molecular weight is 188 g/mol. The van der Waals surface area contributed by atoms with Crippen molar-refractivity contribution in [1.29, 1.82) is 0 Å². The zero-order chi connectivity index (χ0) is 9.97. The Balaban J connectivity index is 2.19. The fourth-order valence-corrected chi connectivity index (χ4v) is 1.29. The maximum atomic E-state index is 5.60. The molecule has 2 aromatic rings. The number of rotatable bonds is 2. The molecule has 0 amide bonds. The Morgan fingerprint density at radius 3 is 2.57 bits per heavy atom. The molecule has 4 nitrogen and oxygen atoms in total. The first-order chi connectivity index (χ1) is 6.75. The van der Waals surface area contributed by atoms with E-state index in [1.54, 1.807) is 6.33 Å². The topological polar surface area (TPSA) is 56.7 Å². The quantitative estimate of drug-likeness (QED) is 0.715. The second-order valence-electron chi connectivity index (χ2n) is 3.28. The molecule has 0 fully saturated rings. The van der Waals surface area contributed by atoms with Gasteiger partial charge in [0.15, 0.2) is 0 Å². The Morgan fingerprint density at radius 1 is 1.29 bits per heavy atom. The van der Waals surface area contributed by atoms with Gasteiger partial charge in [0, 0.05) is 19.2 Å². The molecule has 0 spiro atoms. The highest BCUT2D eigenvalue weighted by Crippen LogP contribution is 2.09. The molecule has 4 heteroatoms. The van der Waals surface area contributed by atoms with Gasteiger partial charge < -0.3 is 10.3 Å². The van der Waals surface area contributed by atoms with E-state index in [4.69, 9.17) is 5.73 Å². The van der Waals surface area contributed by atoms with Crippen LogP contribution in [0.15, 0.2) is 30.6 Å². The van der Waals surface area contributed by atoms with E-state index in [9.17, 15) is 0 Å². The van der Waals surface area contributed by atoms with Gasteiger partial charge in [-0.1, -0.05) is 12.1 Å². The molecule has 14 heavy (non-hydrogen) atoms. The predicted octanol–water partition coefficient (Wildman–Crippen LogP) is 0.988. The van der Waals surface area contributed by atoms with E-state index in [1.807, 2.05) is 35.9 Å². The number of anilines is 1. The summed E-state index contributed by atoms with van der Waals surface area (Å²) in [5.74, 6) is 0.953. The number of benzene rings is 1. The van der Waals surface area contributed by atoms with E-state index in [0.29, 0.717) is 0 Å². The summed E-state index contributed by atoms with van der Waals surface area (Å²) in [7, 11) is 1.94. The lowest BCUT2D eigenvalue weighted by molar-refractivity contribution is 0.821. The first-order valence-electron chi connectivity index (χ1n) is 4.43. The van der Waals surface area contributed by atoms with E-state index >= 15 is 0 Å². The van der Waals surface area contributed by atoms with Crippen LogP contribution in [0.1, 0.15) is 11.4 Å². The minimum Gasteiger partial charge on any atom is -0.399 e. The summed E-state index contributed by atoms with van der Waals surface area (Å²) in [4.78, 5) is 0. The first kappa shape index (κ1) is 8.74. The third-order valence-corrected chi connectivity index (χ3v) is 2.15. The molecule has 0 aliphatic heterocycles. The third kappa shape index (κ3) is 1.74. The molecule has 1 aromatic heterocycles. The van der Waals surface area contributed by atoms with Crippen molar-refractivity contribution in [2.24, 2.45) is 7.05 Å². The molecule has 2 rings (SSSR count). The lowest BCUT2D eigenvalue weighted by Gasteiger charge is -2.01. The molecule has 0 atom stereocenters. The van der Waals surface area contributed by atoms with Crippen molar-refractivity contribution < 1.29 is 0 Å². The number of aromatic nitrogens is 3. The van der Waals surface area contributed by atoms with Gasteiger partial charge in [-0.15, -0.1) is 10.2 Å². The van der Waals surface area contributed by atoms with Gasteiger partial charge in [-0.3, -0.25) is 0 Å². The number of aryl methyl sites for hydroxylation is 1. The van der Waals surface area contributed by atoms with Gasteiger partial charge in [0.2, 0.25) is 0 Å². The summed E-state index contributed by atoms with van der Waals surface area (Å²) in [6, 6.07) is 7.80. The van der Waals surface area contributed by atoms with Crippen molar-refractivity contribution in [3.63, 3.8) is 0 Å². The highest BCUT2D eigenvalue weighted by atomic mass is 15.2. The van der Waals surface area contributed by atoms with Gasteiger partial charge in [-0.2, -0.15) is 0 Å². The first-order valence-corrected chi connectivity index (χ1v) is 4.43. The van der Waals surface area contributed by atoms with Crippen molar-refractivity contribution in [2.45, 2.75) is 6.42 Å². The second-order valence-corrected chi connectivity index (χ2v) is 3.28. The summed E-state index contributed by atoms with van der Waals surface area (Å²) < 4.78 is 1.91. The van der Waals surface area contributed by atoms with Crippen LogP contribution < -0.4 is 5.73 Å². The van der Waals surface area contributed by atoms with E-state index in [-0.39, 0.29) is 0 Å². The molecule has 0 aliphatic carbocycles. The number of nitrogen functional groups attached to an aromatic ring is 1. The van der Waals surface area contributed by atoms with Crippen LogP contribution in [0.25, 0.3) is 0 Å². The molecule has 0 bridgehead atoms. The van der Waals surface area contributed by atoms with Crippen molar-refractivity contribution in [2.75, 3.05) is 5.73 Å². The zero-order valence-corrected chi connectivity index (χ0v) is 8.01. The number of nitrogens with two attached hydrogens (primary N) is 1. The van der Waals surface area contributed by atoms with E-state index in [1.165, 1.54) is 5.56 Å². The van der Waals surface area contributed by atoms with Gasteiger partial charge in [-0.05, 0) is 17.7 Å². The largest absolute Gasteiger partial charge is 0.399 e. The predicted molar refractivity (Wildman–Crippen MR) is 54.7 cm³/mol. The Kier molecular flexibility index (Phi) is 2.18. The Labute approximate surface area is 82.4 Å². The van der Waals surface area contributed by atoms with Crippen LogP contribution in [0.5, 0.6) is 0 Å². The SMILES string of the molecule is Cn1cnnc1Cc1ccc(N)cc1. The minimum absolute atomic E-state index is 0.784. The Morgan fingerprint density at radius 2 is 2.00 bits per heavy atom. The number of nitrogens with zero attached hydrogens (tertiary/aromatic N) is 3. The van der Waals surface area contributed by atoms with Gasteiger partial charge in [0.25, 0.3) is 0 Å². The number of hydrogen-bond acceptors (Lipinski definition) is 3. The Hall–Kier alpha value is -1.84. The van der Waals surface area contributed by atoms with Gasteiger partial charge in [0.1, 0.15) is 12.2 Å². The number of hydrogen-bond donors (Lipinski definition) is 1. The zero-order valence-electron chi connectivity index (χ0n) is 8.01. The van der Waals surface area contributed by atoms with Crippen molar-refractivity contribution in [1.82, 2.24) is 14.8 Å². The van der Waals surface area contributed by atoms with Crippen LogP contribution in [0.3, 0.4) is 0 Å². The van der Waals surface area contributed by atoms with Crippen molar-refractivity contribution >= 4 is 5.69 Å². The van der Waals surface area contributed by atoms with Crippen LogP contribution in [0, 0.1) is 0 Å². The molecule has 0 unspecified atom stereocenters. The van der Waals surface area contributed by atoms with Gasteiger partial charge in [-0.25, -0.2) is 0 Å². The van der Waals surface area contributed by atoms with E-state index in [2.05, 4.69) is 10.2 Å². The average Bonchev–Trinajstić information content (AvgIpc) is 2.56. The van der Waals surface area contributed by atoms with Crippen LogP contribution in [0.4, 0.5) is 5.69 Å². The van der Waals surface area contributed by atoms with Crippen LogP contribution in [-0.4, -0.2) is 14.8 Å². The van der Waals surface area contributed by atoms with E-state index < -0.39 is 0 Å². The van der Waals surface area contributed by atoms with Crippen molar-refractivity contribution in [3.8, 4) is 0 Å². The second kappa shape index (κ2) is 3.49. The summed E-state index contributed by atoms with van der Waals surface area (Å²) in [5.41, 5.74) is 7.57. The minimum atomic E-state index is 0.784. The highest BCUT2D eigenvalue weighted by molar-refractivity contribution is 5.39. The standard InChI is InChI=1S/C10H12N4/c1-14-7-12-13-10(14)6-8-2-4-9(11)5-3-8/h2-5,7H,6,11H2,1H3. The molecular weight excluding hydrogens is 176 g/mol. The lowest BCUT2D eigenvalue weighted by atomic mass is 10.1. The van der Waals surface area contributed by atoms with Gasteiger partial charge in [0.05, 0.1) is 0 Å². The molecule has 0 saturated heterocycles. The maximum Gasteiger partial charge on any atom is 0.136 e. The third-order valence-electron chi connectivity index (χ3n) is 2.15. The summed E-state index contributed by atoms with van der Waals surface area (Å²) in [5, 5.41) is 7.84. The molecule has 0 aliphatic rings. The lowest BCUT2D eigenvalue weighted by Crippen LogP contribution is -1.98. The van der Waals surface area contributed by atoms with Crippen LogP contribution in [-0.2, 0) is 13.5 Å². The molecule has 0 radical (unpaired) electrons. The summed E-state index contributed by atoms with van der Waals surface area (Å²) >= 11 is 0. The summed E-state index contributed by atoms with van der Waals surface area (Å²) in [6.07, 6.45) is 2.49. The van der Waals surface area contributed by atoms with Crippen molar-refractivity contribution in [3.05, 3.63) is 42.0 Å². The molecule has 0 saturated carbocycles. The Bertz CT molecular complexity index is 416. The summed E-state index contributed by atoms with van der Waals surface area (Å²) in [6.45, 7) is 0. The molecular formula is C10H12N4. The monoisotopic (exact) mass is 188 g/mol. The molecule has 1 aromatic carbocycles. The van der Waals surface area contributed by atoms with Crippen LogP contribution >= 0.6 is 0 Å². The van der Waals surface area contributed by atoms with Crippen LogP contribution in [0.2, 0.25) is 0 Å². The fraction of sp³-hybridized carbons (Fsp3) is 0.200. The van der Waals surface area contributed by atoms with E-state index in [0.717, 1.165) is 17.9 Å². The highest BCUT2D eigenvalue weighted by Gasteiger charge is 2.01. The van der Waals surface area contributed by atoms with Gasteiger partial charge >= 0.3 is 0 Å². The normalized spacial score (nSPS) is 10.4. The fourth-order valence-electron chi connectivity index (χ4n) is 1.29. The molecule has 2 N–H and O–H groups in total. The molecule has 72 valence electrons. The molecule has 1 heterocycles.